The number of nitrogens with zero attached hydrogens (tertiary/aromatic N) is 3. The number of nitriles is 1. The Bertz CT molecular complexity index is 1370. The molecule has 8 nitrogen and oxygen atoms in total. The van der Waals surface area contributed by atoms with Gasteiger partial charge in [0.15, 0.2) is 0 Å². The number of hydrogen-bond acceptors (Lipinski definition) is 6. The van der Waals surface area contributed by atoms with Gasteiger partial charge in [0.2, 0.25) is 15.9 Å². The van der Waals surface area contributed by atoms with Crippen LogP contribution in [0, 0.1) is 28.9 Å². The predicted octanol–water partition coefficient (Wildman–Crippen LogP) is 2.26. The van der Waals surface area contributed by atoms with Gasteiger partial charge in [-0.3, -0.25) is 4.79 Å². The number of halogens is 2. The van der Waals surface area contributed by atoms with Gasteiger partial charge >= 0.3 is 0 Å². The number of rotatable bonds is 7. The Morgan fingerprint density at radius 3 is 2.45 bits per heavy atom. The van der Waals surface area contributed by atoms with Crippen molar-refractivity contribution in [2.45, 2.75) is 48.7 Å². The van der Waals surface area contributed by atoms with E-state index in [1.165, 1.54) is 28.6 Å². The molecule has 2 N–H and O–H groups in total. The van der Waals surface area contributed by atoms with Gasteiger partial charge in [0.25, 0.3) is 0 Å². The van der Waals surface area contributed by atoms with Crippen molar-refractivity contribution in [3.63, 3.8) is 0 Å². The van der Waals surface area contributed by atoms with E-state index in [0.29, 0.717) is 30.3 Å². The van der Waals surface area contributed by atoms with Gasteiger partial charge in [-0.15, -0.1) is 0 Å². The van der Waals surface area contributed by atoms with E-state index in [1.807, 2.05) is 18.0 Å². The van der Waals surface area contributed by atoms with Crippen molar-refractivity contribution in [1.82, 2.24) is 19.8 Å². The molecule has 1 amide bonds. The summed E-state index contributed by atoms with van der Waals surface area (Å²) in [6.07, 6.45) is 3.00. The van der Waals surface area contributed by atoms with Gasteiger partial charge in [-0.1, -0.05) is 18.2 Å². The minimum atomic E-state index is -4.05. The number of sulfonamides is 1. The van der Waals surface area contributed by atoms with E-state index >= 15 is 4.39 Å². The second-order valence-corrected chi connectivity index (χ2v) is 12.4. The third kappa shape index (κ3) is 5.31. The average Bonchev–Trinajstić information content (AvgIpc) is 3.54. The molecule has 0 aromatic heterocycles. The summed E-state index contributed by atoms with van der Waals surface area (Å²) in [7, 11) is -2.15. The van der Waals surface area contributed by atoms with Gasteiger partial charge < -0.3 is 15.5 Å². The molecule has 0 spiro atoms. The fourth-order valence-electron chi connectivity index (χ4n) is 5.70. The molecule has 2 aromatic carbocycles. The van der Waals surface area contributed by atoms with Crippen molar-refractivity contribution >= 4 is 15.9 Å². The van der Waals surface area contributed by atoms with Gasteiger partial charge in [-0.25, -0.2) is 17.2 Å². The lowest BCUT2D eigenvalue weighted by Gasteiger charge is -2.31. The molecular weight excluding hydrogens is 512 g/mol. The first-order valence-corrected chi connectivity index (χ1v) is 14.3. The SMILES string of the molecule is CN1CCN(S(=O)(=O)c2cc(-c3ccc(C[C@@H](C#N)NC(=O)C4NC5CCC4C5)c(F)c3)ccc2F)CC1. The highest BCUT2D eigenvalue weighted by atomic mass is 32.2. The minimum absolute atomic E-state index is 0.0123. The Kier molecular flexibility index (Phi) is 7.51. The zero-order chi connectivity index (χ0) is 27.0. The minimum Gasteiger partial charge on any atom is -0.339 e. The zero-order valence-electron chi connectivity index (χ0n) is 21.2. The summed E-state index contributed by atoms with van der Waals surface area (Å²) in [5.41, 5.74) is 0.982. The van der Waals surface area contributed by atoms with Crippen molar-refractivity contribution in [3.8, 4) is 17.2 Å². The standard InChI is InChI=1S/C27H31F2N5O3S/c1-33-8-10-34(11-9-33)38(36,37)25-15-18(5-7-23(25)28)17-2-3-19(24(29)14-17)12-22(16-30)32-27(35)26-20-4-6-21(13-20)31-26/h2-3,5,7,14-15,20-22,26,31H,4,6,8-13H2,1H3,(H,32,35)/t20?,21?,22-,26?/m0/s1. The number of fused-ring (bicyclic) bond motifs is 2. The molecule has 2 bridgehead atoms. The summed E-state index contributed by atoms with van der Waals surface area (Å²) < 4.78 is 57.2. The van der Waals surface area contributed by atoms with Crippen molar-refractivity contribution in [2.75, 3.05) is 33.2 Å². The van der Waals surface area contributed by atoms with E-state index in [9.17, 15) is 22.9 Å². The predicted molar refractivity (Wildman–Crippen MR) is 137 cm³/mol. The number of piperazine rings is 1. The van der Waals surface area contributed by atoms with Crippen LogP contribution in [0.4, 0.5) is 8.78 Å². The Hall–Kier alpha value is -2.91. The average molecular weight is 544 g/mol. The van der Waals surface area contributed by atoms with Crippen LogP contribution >= 0.6 is 0 Å². The summed E-state index contributed by atoms with van der Waals surface area (Å²) in [6, 6.07) is 9.26. The Morgan fingerprint density at radius 1 is 1.11 bits per heavy atom. The van der Waals surface area contributed by atoms with Crippen LogP contribution in [0.15, 0.2) is 41.3 Å². The molecule has 1 aliphatic carbocycles. The smallest absolute Gasteiger partial charge is 0.246 e. The van der Waals surface area contributed by atoms with Crippen molar-refractivity contribution in [2.24, 2.45) is 5.92 Å². The lowest BCUT2D eigenvalue weighted by molar-refractivity contribution is -0.124. The Balaban J connectivity index is 1.30. The molecule has 2 heterocycles. The number of carbonyl (C=O) groups is 1. The van der Waals surface area contributed by atoms with Crippen molar-refractivity contribution in [3.05, 3.63) is 53.6 Å². The van der Waals surface area contributed by atoms with E-state index < -0.39 is 32.6 Å². The van der Waals surface area contributed by atoms with Crippen molar-refractivity contribution in [1.29, 1.82) is 5.26 Å². The summed E-state index contributed by atoms with van der Waals surface area (Å²) in [6.45, 7) is 1.63. The molecule has 2 aliphatic heterocycles. The topological polar surface area (TPSA) is 106 Å². The number of hydrogen-bond donors (Lipinski definition) is 2. The molecule has 38 heavy (non-hydrogen) atoms. The molecule has 3 aliphatic rings. The van der Waals surface area contributed by atoms with Gasteiger partial charge in [0.05, 0.1) is 12.1 Å². The molecule has 0 radical (unpaired) electrons. The number of carbonyl (C=O) groups excluding carboxylic acids is 1. The van der Waals surface area contributed by atoms with Gasteiger partial charge in [-0.2, -0.15) is 9.57 Å². The molecule has 2 saturated heterocycles. The van der Waals surface area contributed by atoms with Crippen molar-refractivity contribution < 1.29 is 22.0 Å². The number of nitrogens with one attached hydrogen (secondary N) is 2. The summed E-state index contributed by atoms with van der Waals surface area (Å²) in [4.78, 5) is 14.2. The summed E-state index contributed by atoms with van der Waals surface area (Å²) in [5.74, 6) is -1.41. The zero-order valence-corrected chi connectivity index (χ0v) is 22.0. The third-order valence-corrected chi connectivity index (χ3v) is 9.85. The first kappa shape index (κ1) is 26.7. The van der Waals surface area contributed by atoms with Crippen LogP contribution < -0.4 is 10.6 Å². The molecule has 3 fully saturated rings. The van der Waals surface area contributed by atoms with E-state index in [0.717, 1.165) is 25.3 Å². The maximum atomic E-state index is 15.1. The first-order chi connectivity index (χ1) is 18.2. The normalized spacial score (nSPS) is 24.7. The van der Waals surface area contributed by atoms with Crippen LogP contribution in [0.1, 0.15) is 24.8 Å². The van der Waals surface area contributed by atoms with Crippen LogP contribution in [0.3, 0.4) is 0 Å². The van der Waals surface area contributed by atoms with E-state index in [4.69, 9.17) is 0 Å². The summed E-state index contributed by atoms with van der Waals surface area (Å²) in [5, 5.41) is 15.6. The highest BCUT2D eigenvalue weighted by Crippen LogP contribution is 2.35. The molecule has 5 rings (SSSR count). The molecule has 2 aromatic rings. The molecule has 11 heteroatoms. The largest absolute Gasteiger partial charge is 0.339 e. The second kappa shape index (κ2) is 10.7. The van der Waals surface area contributed by atoms with Gasteiger partial charge in [0.1, 0.15) is 22.6 Å². The van der Waals surface area contributed by atoms with Gasteiger partial charge in [0, 0.05) is 38.6 Å². The maximum absolute atomic E-state index is 15.1. The Labute approximate surface area is 221 Å². The maximum Gasteiger partial charge on any atom is 0.246 e. The molecular formula is C27H31F2N5O3S. The summed E-state index contributed by atoms with van der Waals surface area (Å²) >= 11 is 0. The molecule has 4 atom stereocenters. The Morgan fingerprint density at radius 2 is 1.82 bits per heavy atom. The first-order valence-electron chi connectivity index (χ1n) is 12.9. The van der Waals surface area contributed by atoms with Crippen LogP contribution in [0.25, 0.3) is 11.1 Å². The third-order valence-electron chi connectivity index (χ3n) is 7.94. The van der Waals surface area contributed by atoms with E-state index in [-0.39, 0.29) is 42.9 Å². The highest BCUT2D eigenvalue weighted by Gasteiger charge is 2.43. The van der Waals surface area contributed by atoms with Gasteiger partial charge in [-0.05, 0) is 67.1 Å². The molecule has 202 valence electrons. The quantitative estimate of drug-likeness (QED) is 0.555. The van der Waals surface area contributed by atoms with Crippen LogP contribution in [-0.2, 0) is 21.2 Å². The fraction of sp³-hybridized carbons (Fsp3) is 0.481. The monoisotopic (exact) mass is 543 g/mol. The number of piperidine rings is 1. The van der Waals surface area contributed by atoms with E-state index in [2.05, 4.69) is 10.6 Å². The lowest BCUT2D eigenvalue weighted by atomic mass is 9.98. The van der Waals surface area contributed by atoms with Crippen LogP contribution in [-0.4, -0.2) is 74.9 Å². The van der Waals surface area contributed by atoms with E-state index in [1.54, 1.807) is 6.07 Å². The number of amides is 1. The van der Waals surface area contributed by atoms with Crippen LogP contribution in [0.5, 0.6) is 0 Å². The highest BCUT2D eigenvalue weighted by molar-refractivity contribution is 7.89. The van der Waals surface area contributed by atoms with Crippen LogP contribution in [0.2, 0.25) is 0 Å². The fourth-order valence-corrected chi connectivity index (χ4v) is 7.21. The number of benzene rings is 2. The molecule has 1 saturated carbocycles. The number of likely N-dealkylation sites (N-methyl/N-ethyl adjacent to an activating group) is 1. The second-order valence-electron chi connectivity index (χ2n) is 10.5. The molecule has 3 unspecified atom stereocenters. The lowest BCUT2D eigenvalue weighted by Crippen LogP contribution is -2.50.